The van der Waals surface area contributed by atoms with Crippen LogP contribution in [0.1, 0.15) is 18.4 Å². The highest BCUT2D eigenvalue weighted by Crippen LogP contribution is 2.36. The Morgan fingerprint density at radius 2 is 1.90 bits per heavy atom. The molecule has 6 heteroatoms. The predicted octanol–water partition coefficient (Wildman–Crippen LogP) is 1.65. The van der Waals surface area contributed by atoms with Crippen molar-refractivity contribution in [1.82, 2.24) is 5.32 Å². The van der Waals surface area contributed by atoms with Crippen LogP contribution < -0.4 is 14.8 Å². The molecule has 1 aliphatic rings. The molecular formula is C15H23NO4S. The van der Waals surface area contributed by atoms with Crippen LogP contribution in [0.4, 0.5) is 0 Å². The first-order valence-electron chi connectivity index (χ1n) is 7.12. The molecule has 0 radical (unpaired) electrons. The van der Waals surface area contributed by atoms with Crippen molar-refractivity contribution >= 4 is 9.84 Å². The van der Waals surface area contributed by atoms with Gasteiger partial charge >= 0.3 is 0 Å². The van der Waals surface area contributed by atoms with Crippen LogP contribution in [0.3, 0.4) is 0 Å². The summed E-state index contributed by atoms with van der Waals surface area (Å²) in [6.45, 7) is 1.94. The molecular weight excluding hydrogens is 290 g/mol. The largest absolute Gasteiger partial charge is 0.496 e. The van der Waals surface area contributed by atoms with E-state index in [4.69, 9.17) is 9.47 Å². The number of hydrogen-bond donors (Lipinski definition) is 1. The number of nitrogens with one attached hydrogen (secondary N) is 1. The quantitative estimate of drug-likeness (QED) is 0.895. The predicted molar refractivity (Wildman–Crippen MR) is 82.0 cm³/mol. The highest BCUT2D eigenvalue weighted by atomic mass is 32.2. The topological polar surface area (TPSA) is 64.6 Å². The van der Waals surface area contributed by atoms with E-state index in [0.29, 0.717) is 23.8 Å². The molecule has 0 spiro atoms. The SMILES string of the molecule is COc1ccc(OC)c(S(C)(=O)=O)c1CC1CCCNC1. The molecule has 118 valence electrons. The van der Waals surface area contributed by atoms with Crippen molar-refractivity contribution in [3.63, 3.8) is 0 Å². The van der Waals surface area contributed by atoms with Crippen molar-refractivity contribution in [1.29, 1.82) is 0 Å². The first-order valence-corrected chi connectivity index (χ1v) is 9.01. The summed E-state index contributed by atoms with van der Waals surface area (Å²) in [6, 6.07) is 3.43. The van der Waals surface area contributed by atoms with Gasteiger partial charge in [0.15, 0.2) is 9.84 Å². The average molecular weight is 313 g/mol. The van der Waals surface area contributed by atoms with E-state index in [0.717, 1.165) is 31.5 Å². The number of rotatable bonds is 5. The number of piperidine rings is 1. The molecule has 0 saturated carbocycles. The van der Waals surface area contributed by atoms with Gasteiger partial charge in [-0.1, -0.05) is 0 Å². The Hall–Kier alpha value is -1.27. The lowest BCUT2D eigenvalue weighted by molar-refractivity contribution is 0.355. The van der Waals surface area contributed by atoms with Crippen molar-refractivity contribution in [2.45, 2.75) is 24.2 Å². The van der Waals surface area contributed by atoms with Gasteiger partial charge in [0.1, 0.15) is 16.4 Å². The maximum atomic E-state index is 12.2. The van der Waals surface area contributed by atoms with Gasteiger partial charge in [-0.15, -0.1) is 0 Å². The first-order chi connectivity index (χ1) is 9.97. The molecule has 21 heavy (non-hydrogen) atoms. The van der Waals surface area contributed by atoms with Gasteiger partial charge in [0.05, 0.1) is 14.2 Å². The van der Waals surface area contributed by atoms with Crippen LogP contribution >= 0.6 is 0 Å². The van der Waals surface area contributed by atoms with Gasteiger partial charge in [-0.05, 0) is 50.4 Å². The smallest absolute Gasteiger partial charge is 0.179 e. The zero-order valence-corrected chi connectivity index (χ0v) is 13.6. The van der Waals surface area contributed by atoms with E-state index in [1.165, 1.54) is 13.4 Å². The third-order valence-corrected chi connectivity index (χ3v) is 5.07. The van der Waals surface area contributed by atoms with E-state index in [2.05, 4.69) is 5.32 Å². The van der Waals surface area contributed by atoms with Gasteiger partial charge in [0.2, 0.25) is 0 Å². The summed E-state index contributed by atoms with van der Waals surface area (Å²) in [4.78, 5) is 0.259. The van der Waals surface area contributed by atoms with Crippen LogP contribution in [-0.2, 0) is 16.3 Å². The zero-order chi connectivity index (χ0) is 15.5. The summed E-state index contributed by atoms with van der Waals surface area (Å²) in [6.07, 6.45) is 4.10. The van der Waals surface area contributed by atoms with Crippen molar-refractivity contribution in [3.05, 3.63) is 17.7 Å². The highest BCUT2D eigenvalue weighted by Gasteiger charge is 2.25. The Kier molecular flexibility index (Phi) is 5.11. The maximum Gasteiger partial charge on any atom is 0.179 e. The second-order valence-corrected chi connectivity index (χ2v) is 7.42. The molecule has 0 aliphatic carbocycles. The molecule has 2 rings (SSSR count). The van der Waals surface area contributed by atoms with Crippen molar-refractivity contribution in [2.24, 2.45) is 5.92 Å². The lowest BCUT2D eigenvalue weighted by Gasteiger charge is -2.25. The van der Waals surface area contributed by atoms with Gasteiger partial charge < -0.3 is 14.8 Å². The van der Waals surface area contributed by atoms with E-state index in [1.54, 1.807) is 19.2 Å². The van der Waals surface area contributed by atoms with Gasteiger partial charge in [-0.25, -0.2) is 8.42 Å². The highest BCUT2D eigenvalue weighted by molar-refractivity contribution is 7.90. The first kappa shape index (κ1) is 16.1. The van der Waals surface area contributed by atoms with E-state index in [-0.39, 0.29) is 4.90 Å². The normalized spacial score (nSPS) is 19.3. The van der Waals surface area contributed by atoms with Crippen LogP contribution in [0.15, 0.2) is 17.0 Å². The minimum absolute atomic E-state index is 0.259. The summed E-state index contributed by atoms with van der Waals surface area (Å²) in [7, 11) is -0.331. The van der Waals surface area contributed by atoms with E-state index < -0.39 is 9.84 Å². The summed E-state index contributed by atoms with van der Waals surface area (Å²) in [5.74, 6) is 1.42. The lowest BCUT2D eigenvalue weighted by atomic mass is 9.92. The van der Waals surface area contributed by atoms with Crippen LogP contribution in [0.25, 0.3) is 0 Å². The van der Waals surface area contributed by atoms with Crippen molar-refractivity contribution < 1.29 is 17.9 Å². The van der Waals surface area contributed by atoms with E-state index in [9.17, 15) is 8.42 Å². The van der Waals surface area contributed by atoms with Gasteiger partial charge in [0.25, 0.3) is 0 Å². The molecule has 1 heterocycles. The van der Waals surface area contributed by atoms with Crippen molar-refractivity contribution in [3.8, 4) is 11.5 Å². The molecule has 5 nitrogen and oxygen atoms in total. The Morgan fingerprint density at radius 1 is 1.24 bits per heavy atom. The number of benzene rings is 1. The monoisotopic (exact) mass is 313 g/mol. The fraction of sp³-hybridized carbons (Fsp3) is 0.600. The molecule has 1 unspecified atom stereocenters. The zero-order valence-electron chi connectivity index (χ0n) is 12.8. The number of hydrogen-bond acceptors (Lipinski definition) is 5. The molecule has 0 bridgehead atoms. The molecule has 0 amide bonds. The number of sulfone groups is 1. The Labute approximate surface area is 126 Å². The molecule has 1 aromatic carbocycles. The second-order valence-electron chi connectivity index (χ2n) is 5.47. The van der Waals surface area contributed by atoms with E-state index in [1.807, 2.05) is 0 Å². The molecule has 1 saturated heterocycles. The van der Waals surface area contributed by atoms with Crippen LogP contribution in [0.2, 0.25) is 0 Å². The number of ether oxygens (including phenoxy) is 2. The molecule has 1 atom stereocenters. The minimum atomic E-state index is -3.38. The van der Waals surface area contributed by atoms with Crippen LogP contribution in [-0.4, -0.2) is 42.0 Å². The Bertz CT molecular complexity index is 592. The third-order valence-electron chi connectivity index (χ3n) is 3.88. The second kappa shape index (κ2) is 6.66. The molecule has 1 fully saturated rings. The fourth-order valence-electron chi connectivity index (χ4n) is 2.93. The van der Waals surface area contributed by atoms with Gasteiger partial charge in [-0.3, -0.25) is 0 Å². The number of methoxy groups -OCH3 is 2. The summed E-state index contributed by atoms with van der Waals surface area (Å²) in [5, 5.41) is 3.36. The summed E-state index contributed by atoms with van der Waals surface area (Å²) < 4.78 is 35.0. The molecule has 0 aromatic heterocycles. The standard InChI is InChI=1S/C15H23NO4S/c1-19-13-6-7-14(20-2)15(21(3,17)18)12(13)9-11-5-4-8-16-10-11/h6-7,11,16H,4-5,8-10H2,1-3H3. The van der Waals surface area contributed by atoms with Crippen molar-refractivity contribution in [2.75, 3.05) is 33.6 Å². The minimum Gasteiger partial charge on any atom is -0.496 e. The van der Waals surface area contributed by atoms with Gasteiger partial charge in [-0.2, -0.15) is 0 Å². The molecule has 1 aromatic rings. The molecule has 1 aliphatic heterocycles. The Balaban J connectivity index is 2.49. The third kappa shape index (κ3) is 3.68. The average Bonchev–Trinajstić information content (AvgIpc) is 2.46. The molecule has 1 N–H and O–H groups in total. The summed E-state index contributed by atoms with van der Waals surface area (Å²) in [5.41, 5.74) is 0.730. The lowest BCUT2D eigenvalue weighted by Crippen LogP contribution is -2.31. The van der Waals surface area contributed by atoms with Gasteiger partial charge in [0, 0.05) is 11.8 Å². The van der Waals surface area contributed by atoms with E-state index >= 15 is 0 Å². The Morgan fingerprint density at radius 3 is 2.43 bits per heavy atom. The summed E-state index contributed by atoms with van der Waals surface area (Å²) >= 11 is 0. The maximum absolute atomic E-state index is 12.2. The fourth-order valence-corrected chi connectivity index (χ4v) is 4.08. The van der Waals surface area contributed by atoms with Crippen LogP contribution in [0.5, 0.6) is 11.5 Å². The van der Waals surface area contributed by atoms with Crippen LogP contribution in [0, 0.1) is 5.92 Å².